The third-order valence-corrected chi connectivity index (χ3v) is 5.23. The average Bonchev–Trinajstić information content (AvgIpc) is 2.45. The normalized spacial score (nSPS) is 12.5. The SMILES string of the molecule is C[Si](C)OC(COc1c(Br)cccc1Br)c1ccc(Cl)cc1F. The highest BCUT2D eigenvalue weighted by Crippen LogP contribution is 2.34. The van der Waals surface area contributed by atoms with E-state index in [0.29, 0.717) is 16.3 Å². The lowest BCUT2D eigenvalue weighted by Crippen LogP contribution is -2.21. The van der Waals surface area contributed by atoms with Crippen LogP contribution in [0.5, 0.6) is 5.75 Å². The zero-order valence-corrected chi connectivity index (χ0v) is 17.5. The fraction of sp³-hybridized carbons (Fsp3) is 0.250. The maximum Gasteiger partial charge on any atom is 0.206 e. The monoisotopic (exact) mass is 479 g/mol. The molecule has 0 amide bonds. The predicted molar refractivity (Wildman–Crippen MR) is 100 cm³/mol. The van der Waals surface area contributed by atoms with Crippen LogP contribution in [0.1, 0.15) is 11.7 Å². The minimum absolute atomic E-state index is 0.204. The van der Waals surface area contributed by atoms with Crippen LogP contribution in [0.25, 0.3) is 0 Å². The van der Waals surface area contributed by atoms with Crippen molar-refractivity contribution >= 4 is 52.5 Å². The molecule has 23 heavy (non-hydrogen) atoms. The van der Waals surface area contributed by atoms with Crippen LogP contribution < -0.4 is 4.74 Å². The molecule has 2 aromatic carbocycles. The number of hydrogen-bond acceptors (Lipinski definition) is 2. The van der Waals surface area contributed by atoms with E-state index < -0.39 is 15.1 Å². The Morgan fingerprint density at radius 1 is 1.17 bits per heavy atom. The minimum atomic E-state index is -1.03. The van der Waals surface area contributed by atoms with Crippen molar-refractivity contribution in [3.05, 3.63) is 61.7 Å². The molecular formula is C16H15Br2ClFO2Si. The van der Waals surface area contributed by atoms with Crippen LogP contribution in [0.15, 0.2) is 45.3 Å². The summed E-state index contributed by atoms with van der Waals surface area (Å²) in [5.41, 5.74) is 0.448. The third kappa shape index (κ3) is 5.29. The molecule has 2 aromatic rings. The number of benzene rings is 2. The van der Waals surface area contributed by atoms with E-state index >= 15 is 0 Å². The highest BCUT2D eigenvalue weighted by molar-refractivity contribution is 9.11. The van der Waals surface area contributed by atoms with Crippen molar-refractivity contribution in [3.63, 3.8) is 0 Å². The Morgan fingerprint density at radius 2 is 1.83 bits per heavy atom. The van der Waals surface area contributed by atoms with Gasteiger partial charge in [0.25, 0.3) is 0 Å². The van der Waals surface area contributed by atoms with E-state index in [4.69, 9.17) is 20.8 Å². The van der Waals surface area contributed by atoms with Crippen LogP contribution in [0.3, 0.4) is 0 Å². The van der Waals surface area contributed by atoms with Crippen LogP contribution in [-0.2, 0) is 4.43 Å². The molecule has 0 heterocycles. The first-order valence-electron chi connectivity index (χ1n) is 6.87. The summed E-state index contributed by atoms with van der Waals surface area (Å²) < 4.78 is 27.6. The predicted octanol–water partition coefficient (Wildman–Crippen LogP) is 6.39. The summed E-state index contributed by atoms with van der Waals surface area (Å²) >= 11 is 12.7. The maximum absolute atomic E-state index is 14.2. The zero-order chi connectivity index (χ0) is 17.0. The molecule has 0 saturated carbocycles. The summed E-state index contributed by atoms with van der Waals surface area (Å²) in [5.74, 6) is 0.275. The van der Waals surface area contributed by atoms with Gasteiger partial charge in [-0.05, 0) is 69.2 Å². The quantitative estimate of drug-likeness (QED) is 0.445. The van der Waals surface area contributed by atoms with Gasteiger partial charge in [0, 0.05) is 10.6 Å². The summed E-state index contributed by atoms with van der Waals surface area (Å²) in [6.45, 7) is 4.20. The fourth-order valence-corrected chi connectivity index (χ4v) is 4.16. The Hall–Kier alpha value is -0.403. The van der Waals surface area contributed by atoms with Crippen LogP contribution >= 0.6 is 43.5 Å². The van der Waals surface area contributed by atoms with E-state index in [9.17, 15) is 4.39 Å². The van der Waals surface area contributed by atoms with E-state index in [-0.39, 0.29) is 12.4 Å². The number of para-hydroxylation sites is 1. The molecule has 0 aliphatic rings. The number of halogens is 4. The lowest BCUT2D eigenvalue weighted by Gasteiger charge is -2.22. The molecule has 2 rings (SSSR count). The van der Waals surface area contributed by atoms with Crippen LogP contribution in [0, 0.1) is 5.82 Å². The Balaban J connectivity index is 2.22. The highest BCUT2D eigenvalue weighted by Gasteiger charge is 2.20. The van der Waals surface area contributed by atoms with Crippen molar-refractivity contribution in [1.29, 1.82) is 0 Å². The van der Waals surface area contributed by atoms with Crippen molar-refractivity contribution in [2.24, 2.45) is 0 Å². The second-order valence-corrected chi connectivity index (χ2v) is 9.24. The van der Waals surface area contributed by atoms with Crippen molar-refractivity contribution in [3.8, 4) is 5.75 Å². The first-order valence-corrected chi connectivity index (χ1v) is 11.2. The smallest absolute Gasteiger partial charge is 0.206 e. The summed E-state index contributed by atoms with van der Waals surface area (Å²) in [6.07, 6.45) is -0.491. The largest absolute Gasteiger partial charge is 0.488 e. The van der Waals surface area contributed by atoms with E-state index in [0.717, 1.165) is 8.95 Å². The number of ether oxygens (including phenoxy) is 1. The number of rotatable bonds is 6. The lowest BCUT2D eigenvalue weighted by atomic mass is 10.1. The molecule has 0 aromatic heterocycles. The van der Waals surface area contributed by atoms with Crippen molar-refractivity contribution < 1.29 is 13.6 Å². The van der Waals surface area contributed by atoms with Crippen molar-refractivity contribution in [2.45, 2.75) is 19.2 Å². The topological polar surface area (TPSA) is 18.5 Å². The summed E-state index contributed by atoms with van der Waals surface area (Å²) in [6, 6.07) is 10.3. The summed E-state index contributed by atoms with van der Waals surface area (Å²) in [5, 5.41) is 0.359. The molecule has 1 atom stereocenters. The second kappa shape index (κ2) is 8.62. The van der Waals surface area contributed by atoms with Gasteiger partial charge < -0.3 is 9.16 Å². The number of hydrogen-bond donors (Lipinski definition) is 0. The third-order valence-electron chi connectivity index (χ3n) is 2.99. The maximum atomic E-state index is 14.2. The van der Waals surface area contributed by atoms with Gasteiger partial charge in [0.1, 0.15) is 24.3 Å². The second-order valence-electron chi connectivity index (χ2n) is 5.04. The molecular weight excluding hydrogens is 467 g/mol. The first-order chi connectivity index (χ1) is 10.9. The van der Waals surface area contributed by atoms with Crippen LogP contribution in [0.4, 0.5) is 4.39 Å². The Labute approximate surface area is 158 Å². The molecule has 1 unspecified atom stereocenters. The van der Waals surface area contributed by atoms with E-state index in [1.54, 1.807) is 12.1 Å². The molecule has 0 N–H and O–H groups in total. The fourth-order valence-electron chi connectivity index (χ4n) is 2.01. The molecule has 0 aliphatic carbocycles. The summed E-state index contributed by atoms with van der Waals surface area (Å²) in [7, 11) is -1.03. The molecule has 0 fully saturated rings. The minimum Gasteiger partial charge on any atom is -0.488 e. The van der Waals surface area contributed by atoms with Gasteiger partial charge in [-0.2, -0.15) is 0 Å². The van der Waals surface area contributed by atoms with Gasteiger partial charge in [-0.15, -0.1) is 0 Å². The Bertz CT molecular complexity index is 665. The van der Waals surface area contributed by atoms with E-state index in [1.807, 2.05) is 31.3 Å². The van der Waals surface area contributed by atoms with Gasteiger partial charge in [0.2, 0.25) is 9.04 Å². The van der Waals surface area contributed by atoms with Gasteiger partial charge in [-0.25, -0.2) is 4.39 Å². The molecule has 2 nitrogen and oxygen atoms in total. The van der Waals surface area contributed by atoms with Gasteiger partial charge in [-0.3, -0.25) is 0 Å². The Morgan fingerprint density at radius 3 is 2.39 bits per heavy atom. The molecule has 0 bridgehead atoms. The van der Waals surface area contributed by atoms with Gasteiger partial charge >= 0.3 is 0 Å². The van der Waals surface area contributed by atoms with E-state index in [1.165, 1.54) is 6.07 Å². The van der Waals surface area contributed by atoms with Gasteiger partial charge in [-0.1, -0.05) is 23.7 Å². The Kier molecular flexibility index (Phi) is 7.10. The van der Waals surface area contributed by atoms with Crippen molar-refractivity contribution in [1.82, 2.24) is 0 Å². The van der Waals surface area contributed by atoms with Crippen LogP contribution in [-0.4, -0.2) is 15.6 Å². The molecule has 0 saturated heterocycles. The van der Waals surface area contributed by atoms with E-state index in [2.05, 4.69) is 31.9 Å². The molecule has 7 heteroatoms. The first kappa shape index (κ1) is 18.9. The van der Waals surface area contributed by atoms with Crippen molar-refractivity contribution in [2.75, 3.05) is 6.61 Å². The molecule has 123 valence electrons. The van der Waals surface area contributed by atoms with Gasteiger partial charge in [0.05, 0.1) is 8.95 Å². The molecule has 1 radical (unpaired) electrons. The zero-order valence-electron chi connectivity index (χ0n) is 12.6. The van der Waals surface area contributed by atoms with Crippen LogP contribution in [0.2, 0.25) is 18.1 Å². The molecule has 0 spiro atoms. The van der Waals surface area contributed by atoms with Gasteiger partial charge in [0.15, 0.2) is 0 Å². The molecule has 0 aliphatic heterocycles. The highest BCUT2D eigenvalue weighted by atomic mass is 79.9. The average molecular weight is 482 g/mol. The standard InChI is InChI=1S/C16H15Br2ClFO2Si/c1-23(2)22-15(11-7-6-10(19)8-14(11)20)9-21-16-12(17)4-3-5-13(16)18/h3-8,15H,9H2,1-2H3. The lowest BCUT2D eigenvalue weighted by molar-refractivity contribution is 0.126. The summed E-state index contributed by atoms with van der Waals surface area (Å²) in [4.78, 5) is 0.